The standard InChI is InChI=1S/C22H35N3O5.HI/c1-4-23-22(25-18-9-7-17(8-10-18)21(27)29-5-2)24-15-16-6-11-19(30-13-12-26)20(14-16)28-3;/h6,11,14,17-18,26H,4-5,7-10,12-13,15H2,1-3H3,(H2,23,24,25);1H. The fraction of sp³-hybridized carbons (Fsp3) is 0.636. The van der Waals surface area contributed by atoms with Crippen molar-refractivity contribution < 1.29 is 24.1 Å². The van der Waals surface area contributed by atoms with Crippen LogP contribution in [0.2, 0.25) is 0 Å². The number of methoxy groups -OCH3 is 1. The lowest BCUT2D eigenvalue weighted by Gasteiger charge is -2.29. The minimum Gasteiger partial charge on any atom is -0.493 e. The molecule has 0 aliphatic heterocycles. The third kappa shape index (κ3) is 9.10. The van der Waals surface area contributed by atoms with Crippen molar-refractivity contribution in [2.45, 2.75) is 52.1 Å². The van der Waals surface area contributed by atoms with E-state index in [1.807, 2.05) is 32.0 Å². The van der Waals surface area contributed by atoms with E-state index < -0.39 is 0 Å². The van der Waals surface area contributed by atoms with Crippen LogP contribution in [-0.4, -0.2) is 56.6 Å². The third-order valence-corrected chi connectivity index (χ3v) is 5.03. The Morgan fingerprint density at radius 2 is 1.94 bits per heavy atom. The molecule has 0 aromatic heterocycles. The molecule has 1 fully saturated rings. The van der Waals surface area contributed by atoms with Crippen molar-refractivity contribution in [1.29, 1.82) is 0 Å². The van der Waals surface area contributed by atoms with Gasteiger partial charge in [-0.25, -0.2) is 4.99 Å². The fourth-order valence-corrected chi connectivity index (χ4v) is 3.50. The molecular weight excluding hydrogens is 513 g/mol. The molecule has 3 N–H and O–H groups in total. The highest BCUT2D eigenvalue weighted by Gasteiger charge is 2.27. The Morgan fingerprint density at radius 3 is 2.55 bits per heavy atom. The van der Waals surface area contributed by atoms with Crippen LogP contribution >= 0.6 is 24.0 Å². The summed E-state index contributed by atoms with van der Waals surface area (Å²) in [6.07, 6.45) is 3.50. The summed E-state index contributed by atoms with van der Waals surface area (Å²) in [7, 11) is 1.59. The molecule has 0 radical (unpaired) electrons. The molecule has 1 saturated carbocycles. The Morgan fingerprint density at radius 1 is 1.19 bits per heavy atom. The van der Waals surface area contributed by atoms with Crippen molar-refractivity contribution in [3.05, 3.63) is 23.8 Å². The largest absolute Gasteiger partial charge is 0.493 e. The van der Waals surface area contributed by atoms with E-state index in [2.05, 4.69) is 10.6 Å². The van der Waals surface area contributed by atoms with Gasteiger partial charge in [-0.2, -0.15) is 0 Å². The van der Waals surface area contributed by atoms with E-state index in [1.54, 1.807) is 7.11 Å². The van der Waals surface area contributed by atoms with Crippen LogP contribution in [0.5, 0.6) is 11.5 Å². The molecule has 0 saturated heterocycles. The highest BCUT2D eigenvalue weighted by atomic mass is 127. The number of nitrogens with zero attached hydrogens (tertiary/aromatic N) is 1. The van der Waals surface area contributed by atoms with E-state index in [9.17, 15) is 4.79 Å². The van der Waals surface area contributed by atoms with E-state index in [-0.39, 0.29) is 55.1 Å². The van der Waals surface area contributed by atoms with Gasteiger partial charge in [-0.3, -0.25) is 4.79 Å². The Balaban J connectivity index is 0.00000480. The van der Waals surface area contributed by atoms with Gasteiger partial charge in [-0.05, 0) is 57.2 Å². The molecular formula is C22H36IN3O5. The first-order chi connectivity index (χ1) is 14.6. The van der Waals surface area contributed by atoms with Gasteiger partial charge < -0.3 is 30.0 Å². The molecule has 0 unspecified atom stereocenters. The molecule has 0 atom stereocenters. The van der Waals surface area contributed by atoms with Crippen LogP contribution in [0.25, 0.3) is 0 Å². The Kier molecular flexibility index (Phi) is 13.3. The smallest absolute Gasteiger partial charge is 0.308 e. The van der Waals surface area contributed by atoms with Crippen molar-refractivity contribution in [2.24, 2.45) is 10.9 Å². The van der Waals surface area contributed by atoms with E-state index in [0.29, 0.717) is 24.7 Å². The lowest BCUT2D eigenvalue weighted by Crippen LogP contribution is -2.45. The van der Waals surface area contributed by atoms with Crippen LogP contribution in [0.1, 0.15) is 45.1 Å². The first-order valence-electron chi connectivity index (χ1n) is 10.7. The van der Waals surface area contributed by atoms with Gasteiger partial charge in [-0.1, -0.05) is 6.07 Å². The Hall–Kier alpha value is -1.75. The maximum Gasteiger partial charge on any atom is 0.308 e. The van der Waals surface area contributed by atoms with E-state index in [1.165, 1.54) is 0 Å². The number of benzene rings is 1. The first-order valence-corrected chi connectivity index (χ1v) is 10.7. The predicted octanol–water partition coefficient (Wildman–Crippen LogP) is 2.86. The number of carbonyl (C=O) groups is 1. The van der Waals surface area contributed by atoms with Crippen LogP contribution < -0.4 is 20.1 Å². The average molecular weight is 549 g/mol. The number of hydrogen-bond acceptors (Lipinski definition) is 6. The van der Waals surface area contributed by atoms with Crippen LogP contribution in [0.4, 0.5) is 0 Å². The van der Waals surface area contributed by atoms with Gasteiger partial charge in [0.2, 0.25) is 0 Å². The molecule has 1 aliphatic carbocycles. The number of halogens is 1. The molecule has 0 spiro atoms. The fourth-order valence-electron chi connectivity index (χ4n) is 3.50. The van der Waals surface area contributed by atoms with Gasteiger partial charge in [-0.15, -0.1) is 24.0 Å². The number of hydrogen-bond donors (Lipinski definition) is 3. The number of carbonyl (C=O) groups excluding carboxylic acids is 1. The zero-order valence-corrected chi connectivity index (χ0v) is 21.0. The number of nitrogens with one attached hydrogen (secondary N) is 2. The summed E-state index contributed by atoms with van der Waals surface area (Å²) in [5, 5.41) is 15.7. The number of aliphatic hydroxyl groups excluding tert-OH is 1. The summed E-state index contributed by atoms with van der Waals surface area (Å²) < 4.78 is 16.0. The van der Waals surface area contributed by atoms with Crippen molar-refractivity contribution >= 4 is 35.9 Å². The minimum absolute atomic E-state index is 0. The highest BCUT2D eigenvalue weighted by Crippen LogP contribution is 2.28. The van der Waals surface area contributed by atoms with Gasteiger partial charge in [0.15, 0.2) is 17.5 Å². The van der Waals surface area contributed by atoms with Crippen LogP contribution in [-0.2, 0) is 16.1 Å². The zero-order valence-electron chi connectivity index (χ0n) is 18.7. The lowest BCUT2D eigenvalue weighted by atomic mass is 9.86. The average Bonchev–Trinajstić information content (AvgIpc) is 2.77. The number of rotatable bonds is 10. The molecule has 1 aromatic rings. The van der Waals surface area contributed by atoms with Crippen LogP contribution in [0.15, 0.2) is 23.2 Å². The summed E-state index contributed by atoms with van der Waals surface area (Å²) in [6, 6.07) is 5.95. The zero-order chi connectivity index (χ0) is 21.8. The number of esters is 1. The van der Waals surface area contributed by atoms with Crippen molar-refractivity contribution in [3.8, 4) is 11.5 Å². The van der Waals surface area contributed by atoms with Crippen LogP contribution in [0, 0.1) is 5.92 Å². The summed E-state index contributed by atoms with van der Waals surface area (Å²) in [6.45, 7) is 5.75. The molecule has 0 heterocycles. The second-order valence-corrected chi connectivity index (χ2v) is 7.20. The number of aliphatic hydroxyl groups is 1. The molecule has 1 aliphatic rings. The van der Waals surface area contributed by atoms with Gasteiger partial charge in [0, 0.05) is 12.6 Å². The summed E-state index contributed by atoms with van der Waals surface area (Å²) in [5.74, 6) is 1.92. The molecule has 0 bridgehead atoms. The molecule has 9 heteroatoms. The van der Waals surface area contributed by atoms with E-state index in [0.717, 1.165) is 43.8 Å². The van der Waals surface area contributed by atoms with Crippen LogP contribution in [0.3, 0.4) is 0 Å². The number of aliphatic imine (C=N–C) groups is 1. The summed E-state index contributed by atoms with van der Waals surface area (Å²) >= 11 is 0. The topological polar surface area (TPSA) is 101 Å². The summed E-state index contributed by atoms with van der Waals surface area (Å²) in [5.41, 5.74) is 0.992. The molecule has 8 nitrogen and oxygen atoms in total. The van der Waals surface area contributed by atoms with Gasteiger partial charge in [0.25, 0.3) is 0 Å². The second kappa shape index (κ2) is 15.1. The molecule has 1 aromatic carbocycles. The first kappa shape index (κ1) is 27.3. The minimum atomic E-state index is -0.0723. The van der Waals surface area contributed by atoms with E-state index >= 15 is 0 Å². The predicted molar refractivity (Wildman–Crippen MR) is 131 cm³/mol. The quantitative estimate of drug-likeness (QED) is 0.179. The Bertz CT molecular complexity index is 694. The Labute approximate surface area is 202 Å². The lowest BCUT2D eigenvalue weighted by molar-refractivity contribution is -0.149. The van der Waals surface area contributed by atoms with Crippen molar-refractivity contribution in [1.82, 2.24) is 10.6 Å². The normalized spacial score (nSPS) is 18.5. The van der Waals surface area contributed by atoms with Crippen molar-refractivity contribution in [2.75, 3.05) is 33.5 Å². The maximum atomic E-state index is 11.9. The number of guanidine groups is 1. The van der Waals surface area contributed by atoms with Crippen molar-refractivity contribution in [3.63, 3.8) is 0 Å². The van der Waals surface area contributed by atoms with E-state index in [4.69, 9.17) is 24.3 Å². The second-order valence-electron chi connectivity index (χ2n) is 7.20. The molecule has 31 heavy (non-hydrogen) atoms. The third-order valence-electron chi connectivity index (χ3n) is 5.03. The molecule has 2 rings (SSSR count). The monoisotopic (exact) mass is 549 g/mol. The maximum absolute atomic E-state index is 11.9. The number of ether oxygens (including phenoxy) is 3. The van der Waals surface area contributed by atoms with Gasteiger partial charge in [0.1, 0.15) is 6.61 Å². The molecule has 0 amide bonds. The SMILES string of the molecule is CCNC(=NCc1ccc(OCCO)c(OC)c1)NC1CCC(C(=O)OCC)CC1.I. The molecule has 176 valence electrons. The summed E-state index contributed by atoms with van der Waals surface area (Å²) in [4.78, 5) is 16.6. The van der Waals surface area contributed by atoms with Gasteiger partial charge in [0.05, 0.1) is 32.8 Å². The highest BCUT2D eigenvalue weighted by molar-refractivity contribution is 14.0. The van der Waals surface area contributed by atoms with Gasteiger partial charge >= 0.3 is 5.97 Å².